The molecule has 1 aliphatic rings. The third-order valence-corrected chi connectivity index (χ3v) is 2.77. The fraction of sp³-hybridized carbons (Fsp3) is 0.615. The molecule has 1 N–H and O–H groups in total. The molecule has 0 unspecified atom stereocenters. The lowest BCUT2D eigenvalue weighted by molar-refractivity contribution is 0.195. The summed E-state index contributed by atoms with van der Waals surface area (Å²) in [5, 5.41) is 12.2. The topological polar surface area (TPSA) is 45.0 Å². The number of allylic oxidation sites excluding steroid dienone is 4. The van der Waals surface area contributed by atoms with Gasteiger partial charge in [0.2, 0.25) is 0 Å². The highest BCUT2D eigenvalue weighted by molar-refractivity contribution is 5.36. The maximum Gasteiger partial charge on any atom is 0.0947 e. The first-order valence-electron chi connectivity index (χ1n) is 5.81. The standard InChI is InChI=1S/C13H20N2O/c1-11(10-14)12-5-3-6-13(9-12)15-7-4-8-16-2/h9,15H,3-8H2,1-2H3/b12-11-. The summed E-state index contributed by atoms with van der Waals surface area (Å²) in [6.07, 6.45) is 6.41. The van der Waals surface area contributed by atoms with Crippen molar-refractivity contribution in [3.63, 3.8) is 0 Å². The number of nitrogens with one attached hydrogen (secondary N) is 1. The average molecular weight is 220 g/mol. The molecule has 0 saturated carbocycles. The summed E-state index contributed by atoms with van der Waals surface area (Å²) in [5.74, 6) is 0. The van der Waals surface area contributed by atoms with Crippen LogP contribution in [0, 0.1) is 11.3 Å². The third-order valence-electron chi connectivity index (χ3n) is 2.77. The first-order chi connectivity index (χ1) is 7.77. The second-order valence-electron chi connectivity index (χ2n) is 4.06. The van der Waals surface area contributed by atoms with E-state index in [9.17, 15) is 0 Å². The van der Waals surface area contributed by atoms with Crippen LogP contribution < -0.4 is 5.32 Å². The molecule has 0 aliphatic heterocycles. The predicted octanol–water partition coefficient (Wildman–Crippen LogP) is 2.52. The van der Waals surface area contributed by atoms with Crippen molar-refractivity contribution in [1.82, 2.24) is 5.32 Å². The van der Waals surface area contributed by atoms with E-state index in [4.69, 9.17) is 10.00 Å². The summed E-state index contributed by atoms with van der Waals surface area (Å²) >= 11 is 0. The Kier molecular flexibility index (Phi) is 5.66. The quantitative estimate of drug-likeness (QED) is 0.572. The molecule has 0 aromatic heterocycles. The Hall–Kier alpha value is -1.27. The molecular formula is C13H20N2O. The minimum atomic E-state index is 0.792. The Labute approximate surface area is 97.8 Å². The zero-order valence-electron chi connectivity index (χ0n) is 10.2. The monoisotopic (exact) mass is 220 g/mol. The van der Waals surface area contributed by atoms with Crippen molar-refractivity contribution in [3.8, 4) is 6.07 Å². The van der Waals surface area contributed by atoms with Gasteiger partial charge in [0.25, 0.3) is 0 Å². The molecule has 0 saturated heterocycles. The first-order valence-corrected chi connectivity index (χ1v) is 5.81. The van der Waals surface area contributed by atoms with Crippen molar-refractivity contribution in [2.24, 2.45) is 0 Å². The molecule has 1 rings (SSSR count). The number of rotatable bonds is 5. The maximum absolute atomic E-state index is 8.85. The minimum absolute atomic E-state index is 0.792. The van der Waals surface area contributed by atoms with Gasteiger partial charge in [-0.25, -0.2) is 0 Å². The molecule has 0 amide bonds. The molecule has 0 atom stereocenters. The van der Waals surface area contributed by atoms with E-state index < -0.39 is 0 Å². The van der Waals surface area contributed by atoms with Gasteiger partial charge in [-0.05, 0) is 44.3 Å². The molecular weight excluding hydrogens is 200 g/mol. The molecule has 0 heterocycles. The van der Waals surface area contributed by atoms with Gasteiger partial charge in [-0.1, -0.05) is 0 Å². The van der Waals surface area contributed by atoms with Gasteiger partial charge in [-0.3, -0.25) is 0 Å². The molecule has 0 radical (unpaired) electrons. The Morgan fingerprint density at radius 2 is 2.38 bits per heavy atom. The fourth-order valence-corrected chi connectivity index (χ4v) is 1.80. The van der Waals surface area contributed by atoms with Crippen molar-refractivity contribution < 1.29 is 4.74 Å². The van der Waals surface area contributed by atoms with Crippen LogP contribution in [0.2, 0.25) is 0 Å². The third kappa shape index (κ3) is 4.08. The van der Waals surface area contributed by atoms with Crippen LogP contribution >= 0.6 is 0 Å². The molecule has 3 nitrogen and oxygen atoms in total. The highest BCUT2D eigenvalue weighted by Crippen LogP contribution is 2.23. The van der Waals surface area contributed by atoms with Crippen LogP contribution in [-0.2, 0) is 4.74 Å². The minimum Gasteiger partial charge on any atom is -0.388 e. The highest BCUT2D eigenvalue weighted by atomic mass is 16.5. The molecule has 0 bridgehead atoms. The summed E-state index contributed by atoms with van der Waals surface area (Å²) in [6.45, 7) is 3.62. The zero-order chi connectivity index (χ0) is 11.8. The predicted molar refractivity (Wildman–Crippen MR) is 64.7 cm³/mol. The Morgan fingerprint density at radius 1 is 1.56 bits per heavy atom. The van der Waals surface area contributed by atoms with Crippen LogP contribution in [-0.4, -0.2) is 20.3 Å². The molecule has 0 aromatic rings. The van der Waals surface area contributed by atoms with E-state index in [-0.39, 0.29) is 0 Å². The summed E-state index contributed by atoms with van der Waals surface area (Å²) in [4.78, 5) is 0. The molecule has 88 valence electrons. The number of nitriles is 1. The van der Waals surface area contributed by atoms with Crippen molar-refractivity contribution in [3.05, 3.63) is 22.9 Å². The van der Waals surface area contributed by atoms with Crippen molar-refractivity contribution in [2.75, 3.05) is 20.3 Å². The summed E-state index contributed by atoms with van der Waals surface area (Å²) in [5.41, 5.74) is 3.28. The van der Waals surface area contributed by atoms with Crippen LogP contribution in [0.25, 0.3) is 0 Å². The Morgan fingerprint density at radius 3 is 3.06 bits per heavy atom. The van der Waals surface area contributed by atoms with Gasteiger partial charge in [-0.15, -0.1) is 0 Å². The van der Waals surface area contributed by atoms with Crippen LogP contribution in [0.1, 0.15) is 32.6 Å². The lowest BCUT2D eigenvalue weighted by atomic mass is 9.96. The van der Waals surface area contributed by atoms with Gasteiger partial charge >= 0.3 is 0 Å². The van der Waals surface area contributed by atoms with Crippen molar-refractivity contribution in [2.45, 2.75) is 32.6 Å². The summed E-state index contributed by atoms with van der Waals surface area (Å²) < 4.78 is 5.00. The number of nitrogens with zero attached hydrogens (tertiary/aromatic N) is 1. The fourth-order valence-electron chi connectivity index (χ4n) is 1.80. The molecule has 16 heavy (non-hydrogen) atoms. The SMILES string of the molecule is COCCCNC1=C/C(=C(/C)C#N)CCC1. The average Bonchev–Trinajstić information content (AvgIpc) is 2.34. The number of ether oxygens (including phenoxy) is 1. The molecule has 1 aliphatic carbocycles. The van der Waals surface area contributed by atoms with E-state index in [1.165, 1.54) is 11.3 Å². The van der Waals surface area contributed by atoms with Gasteiger partial charge < -0.3 is 10.1 Å². The summed E-state index contributed by atoms with van der Waals surface area (Å²) in [7, 11) is 1.72. The van der Waals surface area contributed by atoms with E-state index in [2.05, 4.69) is 17.5 Å². The zero-order valence-corrected chi connectivity index (χ0v) is 10.2. The highest BCUT2D eigenvalue weighted by Gasteiger charge is 2.09. The largest absolute Gasteiger partial charge is 0.388 e. The van der Waals surface area contributed by atoms with Crippen LogP contribution in [0.3, 0.4) is 0 Å². The second-order valence-corrected chi connectivity index (χ2v) is 4.06. The summed E-state index contributed by atoms with van der Waals surface area (Å²) in [6, 6.07) is 2.22. The van der Waals surface area contributed by atoms with Gasteiger partial charge in [0.1, 0.15) is 0 Å². The lowest BCUT2D eigenvalue weighted by Crippen LogP contribution is -2.18. The smallest absolute Gasteiger partial charge is 0.0947 e. The molecule has 0 fully saturated rings. The van der Waals surface area contributed by atoms with E-state index >= 15 is 0 Å². The Bertz CT molecular complexity index is 323. The number of hydrogen-bond donors (Lipinski definition) is 1. The van der Waals surface area contributed by atoms with Crippen LogP contribution in [0.15, 0.2) is 22.9 Å². The molecule has 0 spiro atoms. The van der Waals surface area contributed by atoms with Crippen molar-refractivity contribution >= 4 is 0 Å². The lowest BCUT2D eigenvalue weighted by Gasteiger charge is -2.17. The molecule has 3 heteroatoms. The normalized spacial score (nSPS) is 18.7. The van der Waals surface area contributed by atoms with Crippen LogP contribution in [0.5, 0.6) is 0 Å². The van der Waals surface area contributed by atoms with Gasteiger partial charge in [0.05, 0.1) is 6.07 Å². The Balaban J connectivity index is 2.48. The van der Waals surface area contributed by atoms with Crippen molar-refractivity contribution in [1.29, 1.82) is 5.26 Å². The number of hydrogen-bond acceptors (Lipinski definition) is 3. The van der Waals surface area contributed by atoms with Crippen LogP contribution in [0.4, 0.5) is 0 Å². The van der Waals surface area contributed by atoms with E-state index in [0.29, 0.717) is 0 Å². The molecule has 0 aromatic carbocycles. The van der Waals surface area contributed by atoms with E-state index in [1.807, 2.05) is 6.92 Å². The second kappa shape index (κ2) is 7.08. The number of methoxy groups -OCH3 is 1. The first kappa shape index (κ1) is 12.8. The van der Waals surface area contributed by atoms with E-state index in [1.54, 1.807) is 7.11 Å². The van der Waals surface area contributed by atoms with Gasteiger partial charge in [0, 0.05) is 31.5 Å². The van der Waals surface area contributed by atoms with Gasteiger partial charge in [0.15, 0.2) is 0 Å². The van der Waals surface area contributed by atoms with Gasteiger partial charge in [-0.2, -0.15) is 5.26 Å². The maximum atomic E-state index is 8.85. The van der Waals surface area contributed by atoms with E-state index in [0.717, 1.165) is 44.4 Å².